The van der Waals surface area contributed by atoms with E-state index in [1.807, 2.05) is 13.8 Å². The van der Waals surface area contributed by atoms with Gasteiger partial charge in [0.05, 0.1) is 5.69 Å². The van der Waals surface area contributed by atoms with E-state index in [-0.39, 0.29) is 17.1 Å². The molecule has 1 aromatic rings. The summed E-state index contributed by atoms with van der Waals surface area (Å²) in [6.07, 6.45) is 1.78. The zero-order chi connectivity index (χ0) is 13.1. The van der Waals surface area contributed by atoms with Crippen molar-refractivity contribution >= 4 is 27.3 Å². The molecule has 6 heteroatoms. The minimum atomic E-state index is -3.58. The summed E-state index contributed by atoms with van der Waals surface area (Å²) in [5, 5.41) is 0.408. The monoisotopic (exact) mass is 274 g/mol. The Balaban J connectivity index is 2.94. The van der Waals surface area contributed by atoms with E-state index in [1.54, 1.807) is 6.08 Å². The number of nitrogens with one attached hydrogen (secondary N) is 1. The topological polar surface area (TPSA) is 72.2 Å². The molecule has 0 aliphatic rings. The number of anilines is 1. The Morgan fingerprint density at radius 2 is 2.12 bits per heavy atom. The predicted molar refractivity (Wildman–Crippen MR) is 70.5 cm³/mol. The van der Waals surface area contributed by atoms with Crippen LogP contribution in [0.15, 0.2) is 34.7 Å². The highest BCUT2D eigenvalue weighted by Crippen LogP contribution is 2.21. The van der Waals surface area contributed by atoms with Crippen LogP contribution in [-0.4, -0.2) is 15.0 Å². The standard InChI is InChI=1S/C11H15ClN2O2S/c1-8(2)5-6-14-17(15,16)11-4-3-9(12)7-10(11)13/h3-5,7,14H,6,13H2,1-2H3. The third kappa shape index (κ3) is 4.03. The third-order valence-corrected chi connectivity index (χ3v) is 3.78. The van der Waals surface area contributed by atoms with Crippen molar-refractivity contribution in [2.45, 2.75) is 18.7 Å². The quantitative estimate of drug-likeness (QED) is 0.653. The average Bonchev–Trinajstić information content (AvgIpc) is 2.15. The summed E-state index contributed by atoms with van der Waals surface area (Å²) >= 11 is 5.71. The molecule has 0 aliphatic heterocycles. The maximum absolute atomic E-state index is 11.9. The number of halogens is 1. The molecule has 0 radical (unpaired) electrons. The Labute approximate surface area is 107 Å². The van der Waals surface area contributed by atoms with Gasteiger partial charge in [0, 0.05) is 11.6 Å². The fourth-order valence-electron chi connectivity index (χ4n) is 1.20. The van der Waals surface area contributed by atoms with E-state index in [1.165, 1.54) is 18.2 Å². The normalized spacial score (nSPS) is 11.2. The molecule has 0 bridgehead atoms. The van der Waals surface area contributed by atoms with Gasteiger partial charge in [-0.25, -0.2) is 13.1 Å². The van der Waals surface area contributed by atoms with Crippen molar-refractivity contribution in [1.29, 1.82) is 0 Å². The van der Waals surface area contributed by atoms with Crippen LogP contribution in [0.1, 0.15) is 13.8 Å². The van der Waals surface area contributed by atoms with E-state index < -0.39 is 10.0 Å². The van der Waals surface area contributed by atoms with Gasteiger partial charge in [0.15, 0.2) is 0 Å². The Morgan fingerprint density at radius 1 is 1.47 bits per heavy atom. The number of nitrogen functional groups attached to an aromatic ring is 1. The van der Waals surface area contributed by atoms with Gasteiger partial charge in [-0.3, -0.25) is 0 Å². The largest absolute Gasteiger partial charge is 0.398 e. The lowest BCUT2D eigenvalue weighted by Gasteiger charge is -2.08. The molecule has 0 aromatic heterocycles. The molecule has 1 rings (SSSR count). The SMILES string of the molecule is CC(C)=CCNS(=O)(=O)c1ccc(Cl)cc1N. The second kappa shape index (κ2) is 5.53. The molecule has 0 saturated heterocycles. The first kappa shape index (κ1) is 14.0. The maximum Gasteiger partial charge on any atom is 0.242 e. The van der Waals surface area contributed by atoms with Crippen LogP contribution in [0.2, 0.25) is 5.02 Å². The van der Waals surface area contributed by atoms with Gasteiger partial charge in [-0.05, 0) is 32.0 Å². The number of nitrogens with two attached hydrogens (primary N) is 1. The zero-order valence-electron chi connectivity index (χ0n) is 9.70. The lowest BCUT2D eigenvalue weighted by atomic mass is 10.3. The minimum Gasteiger partial charge on any atom is -0.398 e. The summed E-state index contributed by atoms with van der Waals surface area (Å²) in [4.78, 5) is 0.0454. The number of sulfonamides is 1. The van der Waals surface area contributed by atoms with Crippen LogP contribution in [0.25, 0.3) is 0 Å². The van der Waals surface area contributed by atoms with E-state index in [0.29, 0.717) is 5.02 Å². The molecule has 0 saturated carbocycles. The first-order chi connectivity index (χ1) is 7.83. The van der Waals surface area contributed by atoms with E-state index in [2.05, 4.69) is 4.72 Å². The first-order valence-corrected chi connectivity index (χ1v) is 6.87. The smallest absolute Gasteiger partial charge is 0.242 e. The number of allylic oxidation sites excluding steroid dienone is 1. The summed E-state index contributed by atoms with van der Waals surface area (Å²) in [7, 11) is -3.58. The molecule has 17 heavy (non-hydrogen) atoms. The summed E-state index contributed by atoms with van der Waals surface area (Å²) in [5.74, 6) is 0. The van der Waals surface area contributed by atoms with Gasteiger partial charge >= 0.3 is 0 Å². The lowest BCUT2D eigenvalue weighted by Crippen LogP contribution is -2.24. The van der Waals surface area contributed by atoms with Crippen molar-refractivity contribution in [2.75, 3.05) is 12.3 Å². The predicted octanol–water partition coefficient (Wildman–Crippen LogP) is 2.17. The molecule has 0 atom stereocenters. The highest BCUT2D eigenvalue weighted by Gasteiger charge is 2.16. The van der Waals surface area contributed by atoms with Gasteiger partial charge in [-0.2, -0.15) is 0 Å². The van der Waals surface area contributed by atoms with Gasteiger partial charge in [0.1, 0.15) is 4.90 Å². The molecule has 0 fully saturated rings. The Hall–Kier alpha value is -1.04. The van der Waals surface area contributed by atoms with Gasteiger partial charge in [0.2, 0.25) is 10.0 Å². The van der Waals surface area contributed by atoms with Crippen molar-refractivity contribution in [1.82, 2.24) is 4.72 Å². The van der Waals surface area contributed by atoms with Crippen molar-refractivity contribution in [2.24, 2.45) is 0 Å². The van der Waals surface area contributed by atoms with Crippen molar-refractivity contribution < 1.29 is 8.42 Å². The molecule has 3 N–H and O–H groups in total. The Bertz CT molecular complexity index is 534. The molecular weight excluding hydrogens is 260 g/mol. The number of hydrogen-bond acceptors (Lipinski definition) is 3. The molecule has 0 spiro atoms. The number of benzene rings is 1. The molecular formula is C11H15ClN2O2S. The summed E-state index contributed by atoms with van der Waals surface area (Å²) in [6, 6.07) is 4.30. The summed E-state index contributed by atoms with van der Waals surface area (Å²) in [6.45, 7) is 4.03. The Kier molecular flexibility index (Phi) is 4.56. The van der Waals surface area contributed by atoms with Gasteiger partial charge < -0.3 is 5.73 Å². The summed E-state index contributed by atoms with van der Waals surface area (Å²) < 4.78 is 26.2. The van der Waals surface area contributed by atoms with Crippen LogP contribution < -0.4 is 10.5 Å². The van der Waals surface area contributed by atoms with Crippen molar-refractivity contribution in [3.8, 4) is 0 Å². The van der Waals surface area contributed by atoms with E-state index in [4.69, 9.17) is 17.3 Å². The zero-order valence-corrected chi connectivity index (χ0v) is 11.3. The number of rotatable bonds is 4. The van der Waals surface area contributed by atoms with Crippen LogP contribution in [0.5, 0.6) is 0 Å². The van der Waals surface area contributed by atoms with Crippen LogP contribution in [-0.2, 0) is 10.0 Å². The molecule has 0 amide bonds. The second-order valence-corrected chi connectivity index (χ2v) is 5.99. The first-order valence-electron chi connectivity index (χ1n) is 5.01. The van der Waals surface area contributed by atoms with Gasteiger partial charge in [-0.15, -0.1) is 0 Å². The van der Waals surface area contributed by atoms with Crippen molar-refractivity contribution in [3.05, 3.63) is 34.9 Å². The minimum absolute atomic E-state index is 0.0454. The Morgan fingerprint density at radius 3 is 2.65 bits per heavy atom. The summed E-state index contributed by atoms with van der Waals surface area (Å²) in [5.41, 5.74) is 6.80. The van der Waals surface area contributed by atoms with Gasteiger partial charge in [-0.1, -0.05) is 23.3 Å². The van der Waals surface area contributed by atoms with Crippen LogP contribution in [0.4, 0.5) is 5.69 Å². The third-order valence-electron chi connectivity index (χ3n) is 2.05. The highest BCUT2D eigenvalue weighted by molar-refractivity contribution is 7.89. The van der Waals surface area contributed by atoms with Crippen LogP contribution in [0.3, 0.4) is 0 Å². The van der Waals surface area contributed by atoms with E-state index in [9.17, 15) is 8.42 Å². The molecule has 0 aliphatic carbocycles. The number of hydrogen-bond donors (Lipinski definition) is 2. The van der Waals surface area contributed by atoms with Gasteiger partial charge in [0.25, 0.3) is 0 Å². The maximum atomic E-state index is 11.9. The molecule has 94 valence electrons. The fourth-order valence-corrected chi connectivity index (χ4v) is 2.45. The molecule has 0 unspecified atom stereocenters. The fraction of sp³-hybridized carbons (Fsp3) is 0.273. The van der Waals surface area contributed by atoms with E-state index in [0.717, 1.165) is 5.57 Å². The molecule has 4 nitrogen and oxygen atoms in total. The van der Waals surface area contributed by atoms with Crippen LogP contribution in [0, 0.1) is 0 Å². The highest BCUT2D eigenvalue weighted by atomic mass is 35.5. The average molecular weight is 275 g/mol. The molecule has 1 aromatic carbocycles. The molecule has 0 heterocycles. The second-order valence-electron chi connectivity index (χ2n) is 3.82. The van der Waals surface area contributed by atoms with Crippen LogP contribution >= 0.6 is 11.6 Å². The lowest BCUT2D eigenvalue weighted by molar-refractivity contribution is 0.586. The van der Waals surface area contributed by atoms with Crippen molar-refractivity contribution in [3.63, 3.8) is 0 Å². The van der Waals surface area contributed by atoms with E-state index >= 15 is 0 Å².